The summed E-state index contributed by atoms with van der Waals surface area (Å²) in [7, 11) is 0. The standard InChI is InChI=1S/C13H9BrFIO/c14-10-5-6-11(15)9(7-10)8-17-13-4-2-1-3-12(13)16/h1-7H,8H2. The monoisotopic (exact) mass is 406 g/mol. The van der Waals surface area contributed by atoms with Crippen LogP contribution in [0.5, 0.6) is 5.75 Å². The quantitative estimate of drug-likeness (QED) is 0.667. The van der Waals surface area contributed by atoms with Crippen LogP contribution in [-0.4, -0.2) is 0 Å². The second kappa shape index (κ2) is 5.82. The van der Waals surface area contributed by atoms with Gasteiger partial charge in [-0.3, -0.25) is 0 Å². The van der Waals surface area contributed by atoms with E-state index in [1.54, 1.807) is 12.1 Å². The maximum absolute atomic E-state index is 13.5. The largest absolute Gasteiger partial charge is 0.488 e. The fourth-order valence-electron chi connectivity index (χ4n) is 1.37. The van der Waals surface area contributed by atoms with E-state index in [0.29, 0.717) is 5.56 Å². The number of para-hydroxylation sites is 1. The minimum atomic E-state index is -0.251. The van der Waals surface area contributed by atoms with Crippen LogP contribution in [0, 0.1) is 9.39 Å². The van der Waals surface area contributed by atoms with Gasteiger partial charge in [0.15, 0.2) is 0 Å². The van der Waals surface area contributed by atoms with E-state index in [4.69, 9.17) is 4.74 Å². The van der Waals surface area contributed by atoms with Crippen molar-refractivity contribution in [2.75, 3.05) is 0 Å². The minimum absolute atomic E-state index is 0.227. The summed E-state index contributed by atoms with van der Waals surface area (Å²) in [5.41, 5.74) is 0.541. The molecule has 88 valence electrons. The Morgan fingerprint density at radius 2 is 1.94 bits per heavy atom. The first-order valence-electron chi connectivity index (χ1n) is 4.98. The molecule has 0 bridgehead atoms. The van der Waals surface area contributed by atoms with E-state index in [9.17, 15) is 4.39 Å². The van der Waals surface area contributed by atoms with Gasteiger partial charge in [-0.2, -0.15) is 0 Å². The molecule has 0 unspecified atom stereocenters. The molecular weight excluding hydrogens is 398 g/mol. The lowest BCUT2D eigenvalue weighted by molar-refractivity contribution is 0.297. The van der Waals surface area contributed by atoms with Crippen LogP contribution in [0.1, 0.15) is 5.56 Å². The molecule has 0 aromatic heterocycles. The Bertz CT molecular complexity index is 531. The van der Waals surface area contributed by atoms with Crippen molar-refractivity contribution in [3.8, 4) is 5.75 Å². The van der Waals surface area contributed by atoms with Crippen molar-refractivity contribution in [2.24, 2.45) is 0 Å². The van der Waals surface area contributed by atoms with Gasteiger partial charge in [0.05, 0.1) is 3.57 Å². The smallest absolute Gasteiger partial charge is 0.133 e. The molecule has 0 atom stereocenters. The Hall–Kier alpha value is -0.620. The normalized spacial score (nSPS) is 10.3. The maximum Gasteiger partial charge on any atom is 0.133 e. The van der Waals surface area contributed by atoms with Crippen LogP contribution in [0.25, 0.3) is 0 Å². The molecule has 0 aliphatic carbocycles. The predicted octanol–water partition coefficient (Wildman–Crippen LogP) is 4.77. The zero-order chi connectivity index (χ0) is 12.3. The topological polar surface area (TPSA) is 9.23 Å². The van der Waals surface area contributed by atoms with Gasteiger partial charge in [-0.25, -0.2) is 4.39 Å². The summed E-state index contributed by atoms with van der Waals surface area (Å²) in [4.78, 5) is 0. The van der Waals surface area contributed by atoms with Gasteiger partial charge in [-0.1, -0.05) is 28.1 Å². The number of halogens is 3. The highest BCUT2D eigenvalue weighted by molar-refractivity contribution is 14.1. The van der Waals surface area contributed by atoms with Crippen molar-refractivity contribution in [3.05, 3.63) is 61.9 Å². The zero-order valence-corrected chi connectivity index (χ0v) is 12.5. The van der Waals surface area contributed by atoms with Gasteiger partial charge in [-0.15, -0.1) is 0 Å². The van der Waals surface area contributed by atoms with Crippen molar-refractivity contribution in [3.63, 3.8) is 0 Å². The van der Waals surface area contributed by atoms with E-state index >= 15 is 0 Å². The number of benzene rings is 2. The third-order valence-electron chi connectivity index (χ3n) is 2.23. The van der Waals surface area contributed by atoms with Gasteiger partial charge < -0.3 is 4.74 Å². The Labute approximate surface area is 121 Å². The third-order valence-corrected chi connectivity index (χ3v) is 3.61. The molecule has 0 heterocycles. The maximum atomic E-state index is 13.5. The fourth-order valence-corrected chi connectivity index (χ4v) is 2.32. The van der Waals surface area contributed by atoms with Crippen molar-refractivity contribution in [1.82, 2.24) is 0 Å². The summed E-state index contributed by atoms with van der Waals surface area (Å²) in [5.74, 6) is 0.520. The fraction of sp³-hybridized carbons (Fsp3) is 0.0769. The summed E-state index contributed by atoms with van der Waals surface area (Å²) in [6.07, 6.45) is 0. The van der Waals surface area contributed by atoms with Gasteiger partial charge in [0, 0.05) is 10.0 Å². The first kappa shape index (κ1) is 12.8. The Morgan fingerprint density at radius 1 is 1.18 bits per heavy atom. The first-order valence-corrected chi connectivity index (χ1v) is 6.85. The molecule has 2 aromatic rings. The van der Waals surface area contributed by atoms with Crippen LogP contribution in [-0.2, 0) is 6.61 Å². The highest BCUT2D eigenvalue weighted by Gasteiger charge is 2.05. The molecule has 0 fully saturated rings. The van der Waals surface area contributed by atoms with E-state index in [1.165, 1.54) is 6.07 Å². The molecule has 2 rings (SSSR count). The lowest BCUT2D eigenvalue weighted by Gasteiger charge is -2.09. The van der Waals surface area contributed by atoms with Gasteiger partial charge in [0.1, 0.15) is 18.2 Å². The van der Waals surface area contributed by atoms with Crippen molar-refractivity contribution in [1.29, 1.82) is 0 Å². The summed E-state index contributed by atoms with van der Waals surface area (Å²) >= 11 is 5.50. The molecule has 0 radical (unpaired) electrons. The molecule has 0 N–H and O–H groups in total. The van der Waals surface area contributed by atoms with Crippen LogP contribution in [0.3, 0.4) is 0 Å². The lowest BCUT2D eigenvalue weighted by atomic mass is 10.2. The molecule has 2 aromatic carbocycles. The molecule has 1 nitrogen and oxygen atoms in total. The Kier molecular flexibility index (Phi) is 4.39. The number of hydrogen-bond donors (Lipinski definition) is 0. The molecule has 0 amide bonds. The lowest BCUT2D eigenvalue weighted by Crippen LogP contribution is -1.99. The van der Waals surface area contributed by atoms with Crippen LogP contribution in [0.4, 0.5) is 4.39 Å². The van der Waals surface area contributed by atoms with Crippen molar-refractivity contribution >= 4 is 38.5 Å². The van der Waals surface area contributed by atoms with E-state index in [-0.39, 0.29) is 12.4 Å². The molecule has 0 aliphatic rings. The molecule has 0 saturated heterocycles. The van der Waals surface area contributed by atoms with Gasteiger partial charge >= 0.3 is 0 Å². The van der Waals surface area contributed by atoms with Gasteiger partial charge in [0.2, 0.25) is 0 Å². The SMILES string of the molecule is Fc1ccc(Br)cc1COc1ccccc1I. The summed E-state index contributed by atoms with van der Waals surface area (Å²) in [6.45, 7) is 0.227. The number of rotatable bonds is 3. The highest BCUT2D eigenvalue weighted by atomic mass is 127. The van der Waals surface area contributed by atoms with E-state index in [1.807, 2.05) is 24.3 Å². The van der Waals surface area contributed by atoms with Crippen LogP contribution in [0.2, 0.25) is 0 Å². The predicted molar refractivity (Wildman–Crippen MR) is 77.6 cm³/mol. The van der Waals surface area contributed by atoms with Crippen molar-refractivity contribution in [2.45, 2.75) is 6.61 Å². The molecule has 4 heteroatoms. The zero-order valence-electron chi connectivity index (χ0n) is 8.79. The average molecular weight is 407 g/mol. The second-order valence-corrected chi connectivity index (χ2v) is 5.53. The molecular formula is C13H9BrFIO. The average Bonchev–Trinajstić information content (AvgIpc) is 2.32. The summed E-state index contributed by atoms with van der Waals surface area (Å²) in [6, 6.07) is 12.5. The molecule has 0 saturated carbocycles. The van der Waals surface area contributed by atoms with Crippen molar-refractivity contribution < 1.29 is 9.13 Å². The summed E-state index contributed by atoms with van der Waals surface area (Å²) < 4.78 is 20.9. The Morgan fingerprint density at radius 3 is 2.71 bits per heavy atom. The number of hydrogen-bond acceptors (Lipinski definition) is 1. The van der Waals surface area contributed by atoms with E-state index in [0.717, 1.165) is 13.8 Å². The van der Waals surface area contributed by atoms with Gasteiger partial charge in [0.25, 0.3) is 0 Å². The minimum Gasteiger partial charge on any atom is -0.488 e. The molecule has 17 heavy (non-hydrogen) atoms. The molecule has 0 spiro atoms. The second-order valence-electron chi connectivity index (χ2n) is 3.45. The van der Waals surface area contributed by atoms with E-state index < -0.39 is 0 Å². The summed E-state index contributed by atoms with van der Waals surface area (Å²) in [5, 5.41) is 0. The number of ether oxygens (including phenoxy) is 1. The van der Waals surface area contributed by atoms with Crippen LogP contribution >= 0.6 is 38.5 Å². The van der Waals surface area contributed by atoms with Crippen LogP contribution < -0.4 is 4.74 Å². The third kappa shape index (κ3) is 3.42. The van der Waals surface area contributed by atoms with E-state index in [2.05, 4.69) is 38.5 Å². The first-order chi connectivity index (χ1) is 8.16. The molecule has 0 aliphatic heterocycles. The van der Waals surface area contributed by atoms with Gasteiger partial charge in [-0.05, 0) is 52.9 Å². The highest BCUT2D eigenvalue weighted by Crippen LogP contribution is 2.22. The van der Waals surface area contributed by atoms with Crippen LogP contribution in [0.15, 0.2) is 46.9 Å². The Balaban J connectivity index is 2.12.